The molecular formula is C9H9NO4. The van der Waals surface area contributed by atoms with Crippen LogP contribution in [0.1, 0.15) is 0 Å². The SMILES string of the molecule is O=C(O)OCC=Cn1ccccc1=O. The quantitative estimate of drug-likeness (QED) is 0.731. The van der Waals surface area contributed by atoms with Crippen LogP contribution in [0.2, 0.25) is 0 Å². The van der Waals surface area contributed by atoms with Crippen molar-refractivity contribution in [1.82, 2.24) is 4.57 Å². The smallest absolute Gasteiger partial charge is 0.450 e. The van der Waals surface area contributed by atoms with Crippen molar-refractivity contribution in [2.75, 3.05) is 6.61 Å². The molecule has 0 amide bonds. The van der Waals surface area contributed by atoms with Crippen LogP contribution < -0.4 is 5.56 Å². The summed E-state index contributed by atoms with van der Waals surface area (Å²) in [7, 11) is 0. The van der Waals surface area contributed by atoms with Gasteiger partial charge < -0.3 is 9.84 Å². The first-order valence-electron chi connectivity index (χ1n) is 3.89. The zero-order valence-electron chi connectivity index (χ0n) is 7.29. The fourth-order valence-corrected chi connectivity index (χ4v) is 0.839. The van der Waals surface area contributed by atoms with E-state index in [1.165, 1.54) is 22.9 Å². The second-order valence-corrected chi connectivity index (χ2v) is 2.41. The van der Waals surface area contributed by atoms with E-state index >= 15 is 0 Å². The molecule has 0 aliphatic heterocycles. The molecule has 5 nitrogen and oxygen atoms in total. The van der Waals surface area contributed by atoms with Gasteiger partial charge in [0.05, 0.1) is 0 Å². The molecule has 0 aliphatic carbocycles. The molecule has 1 aromatic heterocycles. The van der Waals surface area contributed by atoms with Gasteiger partial charge in [0, 0.05) is 18.5 Å². The molecular weight excluding hydrogens is 186 g/mol. The lowest BCUT2D eigenvalue weighted by Gasteiger charge is -1.96. The minimum atomic E-state index is -1.34. The third-order valence-corrected chi connectivity index (χ3v) is 1.42. The van der Waals surface area contributed by atoms with Crippen molar-refractivity contribution in [1.29, 1.82) is 0 Å². The average Bonchev–Trinajstić information content (AvgIpc) is 2.15. The zero-order valence-corrected chi connectivity index (χ0v) is 7.29. The number of aromatic nitrogens is 1. The molecule has 0 saturated heterocycles. The first kappa shape index (κ1) is 10.0. The monoisotopic (exact) mass is 195 g/mol. The first-order valence-corrected chi connectivity index (χ1v) is 3.89. The minimum Gasteiger partial charge on any atom is -0.450 e. The Morgan fingerprint density at radius 2 is 2.36 bits per heavy atom. The van der Waals surface area contributed by atoms with Gasteiger partial charge in [0.15, 0.2) is 0 Å². The lowest BCUT2D eigenvalue weighted by molar-refractivity contribution is 0.102. The Morgan fingerprint density at radius 1 is 1.57 bits per heavy atom. The van der Waals surface area contributed by atoms with Crippen LogP contribution in [0.5, 0.6) is 0 Å². The number of nitrogens with zero attached hydrogens (tertiary/aromatic N) is 1. The van der Waals surface area contributed by atoms with Crippen molar-refractivity contribution in [3.8, 4) is 0 Å². The molecule has 14 heavy (non-hydrogen) atoms. The van der Waals surface area contributed by atoms with Crippen molar-refractivity contribution in [3.63, 3.8) is 0 Å². The number of rotatable bonds is 3. The Hall–Kier alpha value is -2.04. The van der Waals surface area contributed by atoms with E-state index in [1.807, 2.05) is 0 Å². The van der Waals surface area contributed by atoms with Crippen molar-refractivity contribution >= 4 is 12.4 Å². The molecule has 1 heterocycles. The summed E-state index contributed by atoms with van der Waals surface area (Å²) in [5, 5.41) is 8.14. The number of hydrogen-bond acceptors (Lipinski definition) is 3. The molecule has 74 valence electrons. The maximum absolute atomic E-state index is 11.1. The van der Waals surface area contributed by atoms with Crippen LogP contribution in [0.4, 0.5) is 4.79 Å². The van der Waals surface area contributed by atoms with Gasteiger partial charge in [0.2, 0.25) is 0 Å². The molecule has 1 aromatic rings. The van der Waals surface area contributed by atoms with Gasteiger partial charge in [-0.15, -0.1) is 0 Å². The van der Waals surface area contributed by atoms with E-state index in [4.69, 9.17) is 5.11 Å². The van der Waals surface area contributed by atoms with Crippen LogP contribution >= 0.6 is 0 Å². The Kier molecular flexibility index (Phi) is 3.49. The van der Waals surface area contributed by atoms with Crippen LogP contribution in [0.3, 0.4) is 0 Å². The van der Waals surface area contributed by atoms with E-state index in [1.54, 1.807) is 18.3 Å². The molecule has 5 heteroatoms. The lowest BCUT2D eigenvalue weighted by Crippen LogP contribution is -2.12. The number of pyridine rings is 1. The molecule has 0 spiro atoms. The van der Waals surface area contributed by atoms with Gasteiger partial charge in [-0.3, -0.25) is 9.36 Å². The molecule has 0 radical (unpaired) electrons. The highest BCUT2D eigenvalue weighted by Crippen LogP contribution is 1.85. The van der Waals surface area contributed by atoms with Gasteiger partial charge in [-0.05, 0) is 12.1 Å². The highest BCUT2D eigenvalue weighted by Gasteiger charge is 1.91. The van der Waals surface area contributed by atoms with Gasteiger partial charge in [-0.2, -0.15) is 0 Å². The molecule has 0 atom stereocenters. The van der Waals surface area contributed by atoms with Gasteiger partial charge in [0.1, 0.15) is 6.61 Å². The summed E-state index contributed by atoms with van der Waals surface area (Å²) in [6.45, 7) is -0.0728. The number of carbonyl (C=O) groups is 1. The first-order chi connectivity index (χ1) is 6.70. The topological polar surface area (TPSA) is 68.5 Å². The van der Waals surface area contributed by atoms with E-state index in [0.29, 0.717) is 0 Å². The second kappa shape index (κ2) is 4.86. The van der Waals surface area contributed by atoms with Crippen molar-refractivity contribution < 1.29 is 14.6 Å². The fraction of sp³-hybridized carbons (Fsp3) is 0.111. The maximum atomic E-state index is 11.1. The van der Waals surface area contributed by atoms with Crippen LogP contribution in [0.15, 0.2) is 35.3 Å². The van der Waals surface area contributed by atoms with E-state index in [9.17, 15) is 9.59 Å². The summed E-state index contributed by atoms with van der Waals surface area (Å²) in [4.78, 5) is 21.1. The van der Waals surface area contributed by atoms with Crippen molar-refractivity contribution in [2.24, 2.45) is 0 Å². The van der Waals surface area contributed by atoms with E-state index < -0.39 is 6.16 Å². The largest absolute Gasteiger partial charge is 0.506 e. The molecule has 0 bridgehead atoms. The predicted octanol–water partition coefficient (Wildman–Crippen LogP) is 1.01. The third kappa shape index (κ3) is 3.14. The van der Waals surface area contributed by atoms with E-state index in [-0.39, 0.29) is 12.2 Å². The Balaban J connectivity index is 2.56. The maximum Gasteiger partial charge on any atom is 0.506 e. The molecule has 0 unspecified atom stereocenters. The van der Waals surface area contributed by atoms with Crippen LogP contribution in [0, 0.1) is 0 Å². The van der Waals surface area contributed by atoms with Crippen molar-refractivity contribution in [3.05, 3.63) is 40.8 Å². The molecule has 1 N–H and O–H groups in total. The predicted molar refractivity (Wildman–Crippen MR) is 50.0 cm³/mol. The number of ether oxygens (including phenoxy) is 1. The lowest BCUT2D eigenvalue weighted by atomic mass is 10.5. The van der Waals surface area contributed by atoms with Gasteiger partial charge in [-0.1, -0.05) is 6.07 Å². The fourth-order valence-electron chi connectivity index (χ4n) is 0.839. The summed E-state index contributed by atoms with van der Waals surface area (Å²) in [5.41, 5.74) is -0.181. The number of carboxylic acid groups (broad SMARTS) is 1. The zero-order chi connectivity index (χ0) is 10.4. The molecule has 0 fully saturated rings. The van der Waals surface area contributed by atoms with Gasteiger partial charge in [-0.25, -0.2) is 4.79 Å². The normalized spacial score (nSPS) is 10.3. The van der Waals surface area contributed by atoms with Gasteiger partial charge in [0.25, 0.3) is 5.56 Å². The molecule has 0 saturated carbocycles. The minimum absolute atomic E-state index is 0.0728. The highest BCUT2D eigenvalue weighted by molar-refractivity contribution is 5.57. The summed E-state index contributed by atoms with van der Waals surface area (Å²) < 4.78 is 5.54. The molecule has 1 rings (SSSR count). The Labute approximate surface area is 79.9 Å². The molecule has 0 aliphatic rings. The Morgan fingerprint density at radius 3 is 3.00 bits per heavy atom. The average molecular weight is 195 g/mol. The van der Waals surface area contributed by atoms with Crippen LogP contribution in [0.25, 0.3) is 6.20 Å². The van der Waals surface area contributed by atoms with E-state index in [2.05, 4.69) is 4.74 Å². The third-order valence-electron chi connectivity index (χ3n) is 1.42. The van der Waals surface area contributed by atoms with Crippen LogP contribution in [-0.2, 0) is 4.74 Å². The summed E-state index contributed by atoms with van der Waals surface area (Å²) >= 11 is 0. The van der Waals surface area contributed by atoms with E-state index in [0.717, 1.165) is 0 Å². The Bertz CT molecular complexity index is 394. The van der Waals surface area contributed by atoms with Crippen molar-refractivity contribution in [2.45, 2.75) is 0 Å². The molecule has 0 aromatic carbocycles. The highest BCUT2D eigenvalue weighted by atomic mass is 16.7. The second-order valence-electron chi connectivity index (χ2n) is 2.41. The van der Waals surface area contributed by atoms with Crippen LogP contribution in [-0.4, -0.2) is 22.4 Å². The summed E-state index contributed by atoms with van der Waals surface area (Å²) in [6, 6.07) is 4.73. The van der Waals surface area contributed by atoms with Gasteiger partial charge >= 0.3 is 6.16 Å². The standard InChI is InChI=1S/C9H9NO4/c11-8-4-1-2-5-10(8)6-3-7-14-9(12)13/h1-6H,7H2,(H,12,13). The number of hydrogen-bond donors (Lipinski definition) is 1. The summed E-state index contributed by atoms with van der Waals surface area (Å²) in [5.74, 6) is 0. The summed E-state index contributed by atoms with van der Waals surface area (Å²) in [6.07, 6.45) is 3.12.